The molecule has 2 rings (SSSR count). The van der Waals surface area contributed by atoms with Crippen LogP contribution in [0, 0.1) is 0 Å². The molecule has 1 saturated heterocycles. The molecule has 0 aliphatic carbocycles. The third-order valence-electron chi connectivity index (χ3n) is 2.94. The molecule has 0 bridgehead atoms. The van der Waals surface area contributed by atoms with E-state index < -0.39 is 0 Å². The van der Waals surface area contributed by atoms with E-state index in [9.17, 15) is 4.79 Å². The van der Waals surface area contributed by atoms with Gasteiger partial charge in [-0.1, -0.05) is 18.6 Å². The largest absolute Gasteiger partial charge is 0.423 e. The fraction of sp³-hybridized carbons (Fsp3) is 0.462. The molecule has 1 aliphatic rings. The minimum Gasteiger partial charge on any atom is -0.423 e. The second-order valence-corrected chi connectivity index (χ2v) is 4.35. The number of esters is 1. The number of hydrogen-bond acceptors (Lipinski definition) is 4. The summed E-state index contributed by atoms with van der Waals surface area (Å²) in [4.78, 5) is 13.8. The van der Waals surface area contributed by atoms with Crippen LogP contribution in [0.25, 0.3) is 0 Å². The van der Waals surface area contributed by atoms with Gasteiger partial charge in [0.1, 0.15) is 0 Å². The molecule has 4 heteroatoms. The SMILES string of the molecule is Nc1ccccc1OC(=O)CN1CCCCC1. The number of piperidine rings is 1. The van der Waals surface area contributed by atoms with Crippen LogP contribution in [0.5, 0.6) is 5.75 Å². The molecular formula is C13H18N2O2. The molecule has 0 radical (unpaired) electrons. The summed E-state index contributed by atoms with van der Waals surface area (Å²) in [6.07, 6.45) is 3.60. The van der Waals surface area contributed by atoms with Gasteiger partial charge < -0.3 is 10.5 Å². The summed E-state index contributed by atoms with van der Waals surface area (Å²) in [6.45, 7) is 2.33. The van der Waals surface area contributed by atoms with Gasteiger partial charge in [0.25, 0.3) is 0 Å². The molecule has 1 fully saturated rings. The number of nitrogens with zero attached hydrogens (tertiary/aromatic N) is 1. The smallest absolute Gasteiger partial charge is 0.325 e. The fourth-order valence-corrected chi connectivity index (χ4v) is 2.03. The van der Waals surface area contributed by atoms with E-state index in [4.69, 9.17) is 10.5 Å². The van der Waals surface area contributed by atoms with Crippen molar-refractivity contribution in [3.05, 3.63) is 24.3 Å². The fourth-order valence-electron chi connectivity index (χ4n) is 2.03. The first kappa shape index (κ1) is 11.9. The van der Waals surface area contributed by atoms with E-state index in [1.54, 1.807) is 18.2 Å². The molecule has 1 aromatic rings. The van der Waals surface area contributed by atoms with Crippen molar-refractivity contribution in [3.63, 3.8) is 0 Å². The Balaban J connectivity index is 1.86. The van der Waals surface area contributed by atoms with Crippen LogP contribution in [0.15, 0.2) is 24.3 Å². The zero-order valence-corrected chi connectivity index (χ0v) is 9.89. The number of nitrogens with two attached hydrogens (primary N) is 1. The third kappa shape index (κ3) is 3.46. The number of hydrogen-bond donors (Lipinski definition) is 1. The van der Waals surface area contributed by atoms with Gasteiger partial charge in [-0.15, -0.1) is 0 Å². The average molecular weight is 234 g/mol. The van der Waals surface area contributed by atoms with Crippen molar-refractivity contribution in [1.82, 2.24) is 4.90 Å². The minimum absolute atomic E-state index is 0.232. The minimum atomic E-state index is -0.232. The number of carbonyl (C=O) groups excluding carboxylic acids is 1. The van der Waals surface area contributed by atoms with Crippen LogP contribution in [0.1, 0.15) is 19.3 Å². The Hall–Kier alpha value is -1.55. The Morgan fingerprint density at radius 1 is 1.24 bits per heavy atom. The highest BCUT2D eigenvalue weighted by atomic mass is 16.5. The van der Waals surface area contributed by atoms with Crippen molar-refractivity contribution in [2.45, 2.75) is 19.3 Å². The van der Waals surface area contributed by atoms with Gasteiger partial charge in [-0.25, -0.2) is 0 Å². The van der Waals surface area contributed by atoms with Crippen molar-refractivity contribution in [3.8, 4) is 5.75 Å². The molecule has 17 heavy (non-hydrogen) atoms. The first-order valence-corrected chi connectivity index (χ1v) is 6.03. The first-order chi connectivity index (χ1) is 8.25. The van der Waals surface area contributed by atoms with Crippen LogP contribution in [0.3, 0.4) is 0 Å². The Morgan fingerprint density at radius 2 is 1.94 bits per heavy atom. The van der Waals surface area contributed by atoms with Gasteiger partial charge in [0.05, 0.1) is 12.2 Å². The predicted octanol–water partition coefficient (Wildman–Crippen LogP) is 1.66. The monoisotopic (exact) mass is 234 g/mol. The first-order valence-electron chi connectivity index (χ1n) is 6.03. The maximum atomic E-state index is 11.7. The van der Waals surface area contributed by atoms with Gasteiger partial charge in [0.15, 0.2) is 5.75 Å². The van der Waals surface area contributed by atoms with Crippen molar-refractivity contribution in [2.75, 3.05) is 25.4 Å². The van der Waals surface area contributed by atoms with E-state index in [0.717, 1.165) is 13.1 Å². The number of rotatable bonds is 3. The van der Waals surface area contributed by atoms with E-state index in [2.05, 4.69) is 4.90 Å². The van der Waals surface area contributed by atoms with Crippen LogP contribution in [0.4, 0.5) is 5.69 Å². The number of benzene rings is 1. The molecule has 0 aromatic heterocycles. The maximum Gasteiger partial charge on any atom is 0.325 e. The zero-order chi connectivity index (χ0) is 12.1. The summed E-state index contributed by atoms with van der Waals surface area (Å²) in [5.41, 5.74) is 6.21. The predicted molar refractivity (Wildman–Crippen MR) is 66.8 cm³/mol. The molecule has 1 heterocycles. The van der Waals surface area contributed by atoms with Crippen LogP contribution >= 0.6 is 0 Å². The average Bonchev–Trinajstić information content (AvgIpc) is 2.33. The second kappa shape index (κ2) is 5.68. The molecule has 1 aliphatic heterocycles. The van der Waals surface area contributed by atoms with Crippen molar-refractivity contribution < 1.29 is 9.53 Å². The zero-order valence-electron chi connectivity index (χ0n) is 9.89. The molecule has 0 atom stereocenters. The molecule has 0 amide bonds. The van der Waals surface area contributed by atoms with Gasteiger partial charge in [-0.05, 0) is 38.1 Å². The highest BCUT2D eigenvalue weighted by Gasteiger charge is 2.15. The Kier molecular flexibility index (Phi) is 3.98. The van der Waals surface area contributed by atoms with Gasteiger partial charge in [0, 0.05) is 0 Å². The highest BCUT2D eigenvalue weighted by Crippen LogP contribution is 2.20. The van der Waals surface area contributed by atoms with Crippen molar-refractivity contribution in [2.24, 2.45) is 0 Å². The summed E-state index contributed by atoms with van der Waals surface area (Å²) < 4.78 is 5.24. The number of carbonyl (C=O) groups is 1. The summed E-state index contributed by atoms with van der Waals surface area (Å²) in [6, 6.07) is 7.06. The Morgan fingerprint density at radius 3 is 2.65 bits per heavy atom. The van der Waals surface area contributed by atoms with Crippen LogP contribution in [-0.4, -0.2) is 30.5 Å². The van der Waals surface area contributed by atoms with Crippen LogP contribution < -0.4 is 10.5 Å². The summed E-state index contributed by atoms with van der Waals surface area (Å²) in [5, 5.41) is 0. The van der Waals surface area contributed by atoms with E-state index in [1.807, 2.05) is 6.07 Å². The van der Waals surface area contributed by atoms with E-state index in [1.165, 1.54) is 19.3 Å². The van der Waals surface area contributed by atoms with E-state index >= 15 is 0 Å². The Bertz CT molecular complexity index is 387. The number of ether oxygens (including phenoxy) is 1. The summed E-state index contributed by atoms with van der Waals surface area (Å²) in [7, 11) is 0. The second-order valence-electron chi connectivity index (χ2n) is 4.35. The number of nitrogen functional groups attached to an aromatic ring is 1. The lowest BCUT2D eigenvalue weighted by Gasteiger charge is -2.25. The van der Waals surface area contributed by atoms with Gasteiger partial charge in [-0.3, -0.25) is 9.69 Å². The van der Waals surface area contributed by atoms with Crippen molar-refractivity contribution >= 4 is 11.7 Å². The molecule has 0 unspecified atom stereocenters. The van der Waals surface area contributed by atoms with Crippen LogP contribution in [-0.2, 0) is 4.79 Å². The van der Waals surface area contributed by atoms with Gasteiger partial charge >= 0.3 is 5.97 Å². The summed E-state index contributed by atoms with van der Waals surface area (Å²) >= 11 is 0. The standard InChI is InChI=1S/C13H18N2O2/c14-11-6-2-3-7-12(11)17-13(16)10-15-8-4-1-5-9-15/h2-3,6-7H,1,4-5,8-10,14H2. The van der Waals surface area contributed by atoms with Gasteiger partial charge in [0.2, 0.25) is 0 Å². The maximum absolute atomic E-state index is 11.7. The summed E-state index contributed by atoms with van der Waals surface area (Å²) in [5.74, 6) is 0.222. The molecule has 1 aromatic carbocycles. The molecule has 0 saturated carbocycles. The third-order valence-corrected chi connectivity index (χ3v) is 2.94. The Labute approximate surface area is 101 Å². The number of para-hydroxylation sites is 2. The number of anilines is 1. The normalized spacial score (nSPS) is 16.7. The lowest BCUT2D eigenvalue weighted by molar-refractivity contribution is -0.135. The number of likely N-dealkylation sites (tertiary alicyclic amines) is 1. The van der Waals surface area contributed by atoms with E-state index in [0.29, 0.717) is 18.0 Å². The molecule has 92 valence electrons. The molecule has 2 N–H and O–H groups in total. The molecule has 4 nitrogen and oxygen atoms in total. The van der Waals surface area contributed by atoms with Gasteiger partial charge in [-0.2, -0.15) is 0 Å². The highest BCUT2D eigenvalue weighted by molar-refractivity contribution is 5.76. The lowest BCUT2D eigenvalue weighted by atomic mass is 10.1. The quantitative estimate of drug-likeness (QED) is 0.491. The topological polar surface area (TPSA) is 55.6 Å². The molecule has 0 spiro atoms. The van der Waals surface area contributed by atoms with Crippen molar-refractivity contribution in [1.29, 1.82) is 0 Å². The lowest BCUT2D eigenvalue weighted by Crippen LogP contribution is -2.36. The molecular weight excluding hydrogens is 216 g/mol. The van der Waals surface area contributed by atoms with E-state index in [-0.39, 0.29) is 5.97 Å². The van der Waals surface area contributed by atoms with Crippen LogP contribution in [0.2, 0.25) is 0 Å².